The summed E-state index contributed by atoms with van der Waals surface area (Å²) < 4.78 is 45.7. The maximum atomic E-state index is 13.2. The standard InChI is InChI=1S/C18H17FN4O3S/c1-12-11-13(19)7-8-16(12)27(24,25)23-18-10-9-17(21-22-18)20-14-5-3-4-6-15(14)26-2/h3-11H,1-2H3,(H,20,21)(H,22,23). The van der Waals surface area contributed by atoms with Crippen molar-refractivity contribution in [2.45, 2.75) is 11.8 Å². The van der Waals surface area contributed by atoms with Crippen LogP contribution in [-0.4, -0.2) is 25.7 Å². The van der Waals surface area contributed by atoms with Gasteiger partial charge < -0.3 is 10.1 Å². The SMILES string of the molecule is COc1ccccc1Nc1ccc(NS(=O)(=O)c2ccc(F)cc2C)nn1. The van der Waals surface area contributed by atoms with E-state index in [1.807, 2.05) is 18.2 Å². The Hall–Kier alpha value is -3.20. The van der Waals surface area contributed by atoms with E-state index >= 15 is 0 Å². The molecule has 0 saturated heterocycles. The quantitative estimate of drug-likeness (QED) is 0.672. The van der Waals surface area contributed by atoms with Crippen molar-refractivity contribution in [3.05, 3.63) is 66.0 Å². The van der Waals surface area contributed by atoms with Crippen LogP contribution in [0, 0.1) is 12.7 Å². The van der Waals surface area contributed by atoms with Crippen molar-refractivity contribution in [2.24, 2.45) is 0 Å². The van der Waals surface area contributed by atoms with Crippen LogP contribution >= 0.6 is 0 Å². The minimum Gasteiger partial charge on any atom is -0.495 e. The first-order chi connectivity index (χ1) is 12.9. The van der Waals surface area contributed by atoms with E-state index < -0.39 is 15.8 Å². The first kappa shape index (κ1) is 18.6. The first-order valence-corrected chi connectivity index (χ1v) is 9.40. The number of hydrogen-bond donors (Lipinski definition) is 2. The summed E-state index contributed by atoms with van der Waals surface area (Å²) in [6, 6.07) is 13.8. The van der Waals surface area contributed by atoms with Gasteiger partial charge in [-0.05, 0) is 55.0 Å². The van der Waals surface area contributed by atoms with Crippen molar-refractivity contribution in [2.75, 3.05) is 17.1 Å². The van der Waals surface area contributed by atoms with E-state index in [0.29, 0.717) is 22.8 Å². The van der Waals surface area contributed by atoms with Gasteiger partial charge in [0.15, 0.2) is 11.6 Å². The van der Waals surface area contributed by atoms with Gasteiger partial charge in [-0.15, -0.1) is 10.2 Å². The van der Waals surface area contributed by atoms with Crippen LogP contribution in [0.25, 0.3) is 0 Å². The molecule has 9 heteroatoms. The highest BCUT2D eigenvalue weighted by molar-refractivity contribution is 7.92. The fourth-order valence-corrected chi connectivity index (χ4v) is 3.67. The molecule has 1 heterocycles. The molecule has 1 aromatic heterocycles. The third-order valence-electron chi connectivity index (χ3n) is 3.70. The molecule has 0 fully saturated rings. The van der Waals surface area contributed by atoms with Crippen molar-refractivity contribution in [1.82, 2.24) is 10.2 Å². The lowest BCUT2D eigenvalue weighted by atomic mass is 10.2. The zero-order valence-corrected chi connectivity index (χ0v) is 15.4. The Balaban J connectivity index is 1.77. The number of nitrogens with one attached hydrogen (secondary N) is 2. The number of ether oxygens (including phenoxy) is 1. The molecule has 3 rings (SSSR count). The van der Waals surface area contributed by atoms with Gasteiger partial charge in [0, 0.05) is 0 Å². The van der Waals surface area contributed by atoms with Gasteiger partial charge in [-0.3, -0.25) is 4.72 Å². The first-order valence-electron chi connectivity index (χ1n) is 7.92. The lowest BCUT2D eigenvalue weighted by Gasteiger charge is -2.11. The average Bonchev–Trinajstić information content (AvgIpc) is 2.63. The van der Waals surface area contributed by atoms with Crippen LogP contribution in [0.3, 0.4) is 0 Å². The Labute approximate surface area is 156 Å². The summed E-state index contributed by atoms with van der Waals surface area (Å²) in [6.45, 7) is 1.52. The average molecular weight is 388 g/mol. The molecule has 3 aromatic rings. The van der Waals surface area contributed by atoms with Crippen LogP contribution in [-0.2, 0) is 10.0 Å². The number of hydrogen-bond acceptors (Lipinski definition) is 6. The number of benzene rings is 2. The van der Waals surface area contributed by atoms with E-state index in [1.54, 1.807) is 19.2 Å². The summed E-state index contributed by atoms with van der Waals surface area (Å²) in [5.41, 5.74) is 0.995. The Morgan fingerprint density at radius 3 is 2.37 bits per heavy atom. The highest BCUT2D eigenvalue weighted by atomic mass is 32.2. The molecule has 0 aliphatic carbocycles. The third-order valence-corrected chi connectivity index (χ3v) is 5.21. The molecular formula is C18H17FN4O3S. The van der Waals surface area contributed by atoms with E-state index in [2.05, 4.69) is 20.2 Å². The summed E-state index contributed by atoms with van der Waals surface area (Å²) in [5, 5.41) is 10.9. The molecule has 0 spiro atoms. The molecule has 0 radical (unpaired) electrons. The maximum Gasteiger partial charge on any atom is 0.263 e. The molecule has 27 heavy (non-hydrogen) atoms. The molecule has 2 aromatic carbocycles. The van der Waals surface area contributed by atoms with E-state index in [4.69, 9.17) is 4.74 Å². The van der Waals surface area contributed by atoms with Crippen molar-refractivity contribution < 1.29 is 17.5 Å². The number of rotatable bonds is 6. The van der Waals surface area contributed by atoms with Gasteiger partial charge >= 0.3 is 0 Å². The molecule has 0 atom stereocenters. The molecule has 2 N–H and O–H groups in total. The van der Waals surface area contributed by atoms with Crippen molar-refractivity contribution in [3.8, 4) is 5.75 Å². The smallest absolute Gasteiger partial charge is 0.263 e. The zero-order chi connectivity index (χ0) is 19.4. The monoisotopic (exact) mass is 388 g/mol. The number of nitrogens with zero attached hydrogens (tertiary/aromatic N) is 2. The maximum absolute atomic E-state index is 13.2. The molecular weight excluding hydrogens is 371 g/mol. The largest absolute Gasteiger partial charge is 0.495 e. The van der Waals surface area contributed by atoms with Crippen molar-refractivity contribution >= 4 is 27.3 Å². The van der Waals surface area contributed by atoms with Crippen LogP contribution in [0.5, 0.6) is 5.75 Å². The van der Waals surface area contributed by atoms with Crippen LogP contribution in [0.15, 0.2) is 59.5 Å². The fourth-order valence-electron chi connectivity index (χ4n) is 2.45. The lowest BCUT2D eigenvalue weighted by Crippen LogP contribution is -2.15. The van der Waals surface area contributed by atoms with Gasteiger partial charge in [0.1, 0.15) is 11.6 Å². The predicted molar refractivity (Wildman–Crippen MR) is 100 cm³/mol. The van der Waals surface area contributed by atoms with Crippen LogP contribution in [0.1, 0.15) is 5.56 Å². The highest BCUT2D eigenvalue weighted by Gasteiger charge is 2.18. The Morgan fingerprint density at radius 1 is 1.00 bits per heavy atom. The lowest BCUT2D eigenvalue weighted by molar-refractivity contribution is 0.417. The summed E-state index contributed by atoms with van der Waals surface area (Å²) in [5.74, 6) is 0.596. The molecule has 0 aliphatic rings. The molecule has 7 nitrogen and oxygen atoms in total. The fraction of sp³-hybridized carbons (Fsp3) is 0.111. The number of halogens is 1. The number of aromatic nitrogens is 2. The van der Waals surface area contributed by atoms with Crippen LogP contribution < -0.4 is 14.8 Å². The van der Waals surface area contributed by atoms with Gasteiger partial charge in [-0.2, -0.15) is 0 Å². The second kappa shape index (κ2) is 7.58. The Kier molecular flexibility index (Phi) is 5.22. The van der Waals surface area contributed by atoms with Gasteiger partial charge in [0.25, 0.3) is 10.0 Å². The number of anilines is 3. The van der Waals surface area contributed by atoms with Crippen LogP contribution in [0.2, 0.25) is 0 Å². The zero-order valence-electron chi connectivity index (χ0n) is 14.6. The van der Waals surface area contributed by atoms with Crippen molar-refractivity contribution in [1.29, 1.82) is 0 Å². The summed E-state index contributed by atoms with van der Waals surface area (Å²) in [4.78, 5) is -0.0260. The predicted octanol–water partition coefficient (Wildman–Crippen LogP) is 3.48. The van der Waals surface area contributed by atoms with Crippen LogP contribution in [0.4, 0.5) is 21.7 Å². The highest BCUT2D eigenvalue weighted by Crippen LogP contribution is 2.26. The molecule has 0 saturated carbocycles. The van der Waals surface area contributed by atoms with Crippen molar-refractivity contribution in [3.63, 3.8) is 0 Å². The Morgan fingerprint density at radius 2 is 1.70 bits per heavy atom. The summed E-state index contributed by atoms with van der Waals surface area (Å²) in [7, 11) is -2.35. The summed E-state index contributed by atoms with van der Waals surface area (Å²) >= 11 is 0. The van der Waals surface area contributed by atoms with Gasteiger partial charge in [0.2, 0.25) is 0 Å². The molecule has 140 valence electrons. The minimum atomic E-state index is -3.90. The minimum absolute atomic E-state index is 0.0260. The van der Waals surface area contributed by atoms with Gasteiger partial charge in [-0.1, -0.05) is 12.1 Å². The van der Waals surface area contributed by atoms with Gasteiger partial charge in [-0.25, -0.2) is 12.8 Å². The van der Waals surface area contributed by atoms with E-state index in [9.17, 15) is 12.8 Å². The number of aryl methyl sites for hydroxylation is 1. The summed E-state index contributed by atoms with van der Waals surface area (Å²) in [6.07, 6.45) is 0. The van der Waals surface area contributed by atoms with Gasteiger partial charge in [0.05, 0.1) is 17.7 Å². The third kappa shape index (κ3) is 4.32. The topological polar surface area (TPSA) is 93.2 Å². The molecule has 0 amide bonds. The second-order valence-electron chi connectivity index (χ2n) is 5.64. The number of para-hydroxylation sites is 2. The number of sulfonamides is 1. The Bertz CT molecular complexity index is 1060. The van der Waals surface area contributed by atoms with E-state index in [0.717, 1.165) is 12.1 Å². The van der Waals surface area contributed by atoms with E-state index in [-0.39, 0.29) is 10.7 Å². The van der Waals surface area contributed by atoms with E-state index in [1.165, 1.54) is 19.1 Å². The molecule has 0 unspecified atom stereocenters. The molecule has 0 aliphatic heterocycles. The normalized spacial score (nSPS) is 11.1. The number of methoxy groups -OCH3 is 1. The second-order valence-corrected chi connectivity index (χ2v) is 7.30. The molecule has 0 bridgehead atoms.